The van der Waals surface area contributed by atoms with Crippen LogP contribution in [0, 0.1) is 30.6 Å². The number of aliphatic hydroxyl groups excluding tert-OH is 2. The lowest BCUT2D eigenvalue weighted by atomic mass is 9.78. The van der Waals surface area contributed by atoms with Crippen molar-refractivity contribution in [3.63, 3.8) is 0 Å². The number of aromatic hydroxyl groups is 3. The SMILES string of the molecule is CO[C@H]1/C=C/O[C@@]2(C)Oc3c(C)c(O)c4c(O)c(c(C=NNc5ncccn5)c(O)c4c3C2=O)NC(=O)/C(C)=C\C=C\[C@H](C)[C@H](O)[C@@H](C)[C@@H](O)[C@H](C)[C@H](OC(C)=O)[C@H]1C. The van der Waals surface area contributed by atoms with Gasteiger partial charge in [0, 0.05) is 73.5 Å². The number of ketones is 1. The van der Waals surface area contributed by atoms with Crippen LogP contribution in [0.15, 0.2) is 59.7 Å². The lowest BCUT2D eigenvalue weighted by Crippen LogP contribution is -2.46. The van der Waals surface area contributed by atoms with Gasteiger partial charge in [-0.15, -0.1) is 0 Å². The number of amides is 1. The summed E-state index contributed by atoms with van der Waals surface area (Å²) in [7, 11) is 1.42. The molecule has 3 aliphatic rings. The van der Waals surface area contributed by atoms with Gasteiger partial charge in [-0.05, 0) is 26.0 Å². The highest BCUT2D eigenvalue weighted by Crippen LogP contribution is 2.55. The van der Waals surface area contributed by atoms with E-state index in [1.807, 2.05) is 0 Å². The number of phenolic OH excluding ortho intramolecular Hbond substituents is 3. The Hall–Kier alpha value is -6.04. The zero-order chi connectivity index (χ0) is 43.5. The molecule has 0 saturated heterocycles. The zero-order valence-corrected chi connectivity index (χ0v) is 34.3. The molecule has 59 heavy (non-hydrogen) atoms. The van der Waals surface area contributed by atoms with E-state index in [0.29, 0.717) is 0 Å². The number of nitrogens with zero attached hydrogens (tertiary/aromatic N) is 3. The van der Waals surface area contributed by atoms with Crippen LogP contribution in [0.1, 0.15) is 70.0 Å². The summed E-state index contributed by atoms with van der Waals surface area (Å²) in [6.45, 7) is 12.4. The first-order valence-electron chi connectivity index (χ1n) is 19.0. The van der Waals surface area contributed by atoms with Gasteiger partial charge in [0.1, 0.15) is 23.4 Å². The number of fused-ring (bicyclic) bond motifs is 14. The van der Waals surface area contributed by atoms with Gasteiger partial charge in [0.05, 0.1) is 53.0 Å². The minimum absolute atomic E-state index is 0.0193. The summed E-state index contributed by atoms with van der Waals surface area (Å²) >= 11 is 0. The third-order valence-corrected chi connectivity index (χ3v) is 11.0. The van der Waals surface area contributed by atoms with Gasteiger partial charge in [-0.2, -0.15) is 5.10 Å². The van der Waals surface area contributed by atoms with Gasteiger partial charge < -0.3 is 49.8 Å². The number of Topliss-reactive ketones (excluding diaryl/α,β-unsaturated/α-hetero) is 1. The summed E-state index contributed by atoms with van der Waals surface area (Å²) in [5.74, 6) is -8.73. The number of hydrogen-bond acceptors (Lipinski definition) is 16. The summed E-state index contributed by atoms with van der Waals surface area (Å²) < 4.78 is 23.5. The molecule has 4 heterocycles. The number of anilines is 2. The summed E-state index contributed by atoms with van der Waals surface area (Å²) in [5, 5.41) is 64.1. The van der Waals surface area contributed by atoms with Crippen LogP contribution < -0.4 is 15.5 Å². The number of benzene rings is 2. The molecule has 0 aliphatic carbocycles. The van der Waals surface area contributed by atoms with Crippen LogP contribution in [-0.4, -0.2) is 96.7 Å². The first-order valence-corrected chi connectivity index (χ1v) is 19.0. The van der Waals surface area contributed by atoms with Crippen molar-refractivity contribution in [1.82, 2.24) is 9.97 Å². The third-order valence-electron chi connectivity index (χ3n) is 11.0. The monoisotopic (exact) mass is 817 g/mol. The maximum atomic E-state index is 14.4. The Balaban J connectivity index is 1.71. The predicted molar refractivity (Wildman–Crippen MR) is 217 cm³/mol. The number of nitrogens with one attached hydrogen (secondary N) is 2. The Morgan fingerprint density at radius 1 is 0.966 bits per heavy atom. The van der Waals surface area contributed by atoms with Gasteiger partial charge in [0.15, 0.2) is 5.75 Å². The van der Waals surface area contributed by atoms with Crippen LogP contribution in [-0.2, 0) is 23.8 Å². The standard InChI is InChI=1S/C42H51N5O12/c1-19-12-10-13-20(2)40(55)46-31-26(18-45-47-41-43-15-11-16-44-41)35(52)28-29(36(31)53)34(51)24(6)38-30(28)39(54)42(8,59-38)57-17-14-27(56-9)21(3)37(58-25(7)48)23(5)33(50)22(4)32(19)49/h10-19,21-23,27,32-33,37,49-53H,1-9H3,(H,46,55)(H,43,44,47)/b12-10+,17-14+,20-13-,45-18?/t19-,21-,22+,23-,27-,32-,33+,37+,42-/m0/s1. The van der Waals surface area contributed by atoms with E-state index in [4.69, 9.17) is 18.9 Å². The molecule has 0 unspecified atom stereocenters. The van der Waals surface area contributed by atoms with E-state index in [1.54, 1.807) is 45.9 Å². The Labute approximate surface area is 341 Å². The highest BCUT2D eigenvalue weighted by Gasteiger charge is 2.50. The summed E-state index contributed by atoms with van der Waals surface area (Å²) in [6.07, 6.45) is 7.36. The van der Waals surface area contributed by atoms with Crippen molar-refractivity contribution in [2.45, 2.75) is 85.6 Å². The third kappa shape index (κ3) is 8.72. The largest absolute Gasteiger partial charge is 0.507 e. The summed E-state index contributed by atoms with van der Waals surface area (Å²) in [5.41, 5.74) is 1.88. The van der Waals surface area contributed by atoms with E-state index in [2.05, 4.69) is 25.8 Å². The van der Waals surface area contributed by atoms with E-state index < -0.39 is 88.8 Å². The fraction of sp³-hybridized carbons (Fsp3) is 0.429. The van der Waals surface area contributed by atoms with Gasteiger partial charge in [-0.3, -0.25) is 14.4 Å². The number of carbonyl (C=O) groups excluding carboxylic acids is 3. The van der Waals surface area contributed by atoms with E-state index in [0.717, 1.165) is 6.21 Å². The Morgan fingerprint density at radius 3 is 2.29 bits per heavy atom. The van der Waals surface area contributed by atoms with Gasteiger partial charge in [-0.25, -0.2) is 15.4 Å². The molecule has 0 fully saturated rings. The zero-order valence-electron chi connectivity index (χ0n) is 34.3. The number of allylic oxidation sites excluding steroid dienone is 2. The number of esters is 1. The van der Waals surface area contributed by atoms with Crippen molar-refractivity contribution in [3.05, 3.63) is 71.3 Å². The Bertz CT molecular complexity index is 2220. The van der Waals surface area contributed by atoms with Crippen molar-refractivity contribution in [2.75, 3.05) is 17.9 Å². The topological polar surface area (TPSA) is 251 Å². The number of phenols is 3. The molecule has 2 aromatic carbocycles. The first-order chi connectivity index (χ1) is 27.8. The van der Waals surface area contributed by atoms with E-state index >= 15 is 0 Å². The number of carbonyl (C=O) groups is 3. The summed E-state index contributed by atoms with van der Waals surface area (Å²) in [4.78, 5) is 48.4. The van der Waals surface area contributed by atoms with E-state index in [-0.39, 0.29) is 50.4 Å². The van der Waals surface area contributed by atoms with Crippen molar-refractivity contribution < 1.29 is 58.9 Å². The minimum atomic E-state index is -2.08. The lowest BCUT2D eigenvalue weighted by Gasteiger charge is -2.38. The van der Waals surface area contributed by atoms with Crippen LogP contribution in [0.3, 0.4) is 0 Å². The molecular formula is C42H51N5O12. The van der Waals surface area contributed by atoms with Crippen LogP contribution >= 0.6 is 0 Å². The number of aromatic nitrogens is 2. The quantitative estimate of drug-likeness (QED) is 0.0589. The fourth-order valence-electron chi connectivity index (χ4n) is 7.38. The van der Waals surface area contributed by atoms with Crippen molar-refractivity contribution in [3.8, 4) is 23.0 Å². The number of hydrazone groups is 1. The number of ether oxygens (including phenoxy) is 4. The van der Waals surface area contributed by atoms with Crippen LogP contribution in [0.2, 0.25) is 0 Å². The molecule has 0 radical (unpaired) electrons. The van der Waals surface area contributed by atoms with Crippen molar-refractivity contribution >= 4 is 46.3 Å². The van der Waals surface area contributed by atoms with Crippen molar-refractivity contribution in [2.24, 2.45) is 28.8 Å². The van der Waals surface area contributed by atoms with Crippen LogP contribution in [0.4, 0.5) is 11.6 Å². The molecule has 1 amide bonds. The van der Waals surface area contributed by atoms with Gasteiger partial charge in [0.2, 0.25) is 5.95 Å². The molecule has 5 bridgehead atoms. The molecule has 3 aliphatic heterocycles. The second-order valence-electron chi connectivity index (χ2n) is 15.1. The second-order valence-corrected chi connectivity index (χ2v) is 15.1. The molecule has 7 N–H and O–H groups in total. The Kier molecular flexibility index (Phi) is 13.3. The van der Waals surface area contributed by atoms with Crippen LogP contribution in [0.25, 0.3) is 10.8 Å². The maximum absolute atomic E-state index is 14.4. The molecule has 316 valence electrons. The van der Waals surface area contributed by atoms with Gasteiger partial charge in [-0.1, -0.05) is 45.9 Å². The number of hydrogen-bond donors (Lipinski definition) is 7. The average molecular weight is 818 g/mol. The van der Waals surface area contributed by atoms with E-state index in [1.165, 1.54) is 65.6 Å². The smallest absolute Gasteiger partial charge is 0.312 e. The van der Waals surface area contributed by atoms with Crippen LogP contribution in [0.5, 0.6) is 23.0 Å². The number of rotatable bonds is 5. The normalized spacial score (nSPS) is 30.0. The van der Waals surface area contributed by atoms with Gasteiger partial charge in [0.25, 0.3) is 11.7 Å². The maximum Gasteiger partial charge on any atom is 0.312 e. The molecule has 17 heteroatoms. The average Bonchev–Trinajstić information content (AvgIpc) is 3.47. The van der Waals surface area contributed by atoms with Gasteiger partial charge >= 0.3 is 11.8 Å². The Morgan fingerprint density at radius 2 is 1.64 bits per heavy atom. The minimum Gasteiger partial charge on any atom is -0.507 e. The fourth-order valence-corrected chi connectivity index (χ4v) is 7.38. The highest BCUT2D eigenvalue weighted by atomic mass is 16.7. The molecule has 9 atom stereocenters. The van der Waals surface area contributed by atoms with E-state index in [9.17, 15) is 39.9 Å². The predicted octanol–water partition coefficient (Wildman–Crippen LogP) is 4.99. The molecule has 6 rings (SSSR count). The molecule has 0 saturated carbocycles. The lowest BCUT2D eigenvalue weighted by molar-refractivity contribution is -0.160. The molecular weight excluding hydrogens is 766 g/mol. The summed E-state index contributed by atoms with van der Waals surface area (Å²) in [6, 6.07) is 1.59. The second kappa shape index (κ2) is 17.8. The molecule has 3 aromatic rings. The number of aliphatic hydroxyl groups is 2. The highest BCUT2D eigenvalue weighted by molar-refractivity contribution is 6.23. The molecule has 1 aromatic heterocycles. The van der Waals surface area contributed by atoms with Crippen molar-refractivity contribution in [1.29, 1.82) is 0 Å². The molecule has 0 spiro atoms. The first kappa shape index (κ1) is 44.1. The molecule has 17 nitrogen and oxygen atoms in total. The number of methoxy groups -OCH3 is 1.